The fourth-order valence-corrected chi connectivity index (χ4v) is 1.47. The number of hydrazine groups is 1. The van der Waals surface area contributed by atoms with Crippen molar-refractivity contribution in [3.05, 3.63) is 52.2 Å². The quantitative estimate of drug-likeness (QED) is 0.591. The summed E-state index contributed by atoms with van der Waals surface area (Å²) in [6, 6.07) is 3.75. The van der Waals surface area contributed by atoms with Gasteiger partial charge in [-0.25, -0.2) is 5.01 Å². The van der Waals surface area contributed by atoms with Crippen LogP contribution in [-0.4, -0.2) is 41.1 Å². The number of hydrogen-bond acceptors (Lipinski definition) is 6. The van der Waals surface area contributed by atoms with Gasteiger partial charge in [0.05, 0.1) is 11.5 Å². The van der Waals surface area contributed by atoms with Crippen LogP contribution in [0.1, 0.15) is 5.56 Å². The minimum absolute atomic E-state index is 0.411. The summed E-state index contributed by atoms with van der Waals surface area (Å²) in [4.78, 5) is 14.1. The zero-order chi connectivity index (χ0) is 13.5. The van der Waals surface area contributed by atoms with Crippen molar-refractivity contribution >= 4 is 0 Å². The van der Waals surface area contributed by atoms with E-state index in [0.717, 1.165) is 11.8 Å². The number of nitrogens with one attached hydrogen (secondary N) is 1. The molecule has 0 fully saturated rings. The lowest BCUT2D eigenvalue weighted by Gasteiger charge is -2.31. The smallest absolute Gasteiger partial charge is 0.275 e. The zero-order valence-corrected chi connectivity index (χ0v) is 10.7. The molecular formula is C11H17N5O2. The number of nitrogens with zero attached hydrogens (tertiary/aromatic N) is 4. The van der Waals surface area contributed by atoms with E-state index in [2.05, 4.69) is 10.3 Å². The van der Waals surface area contributed by atoms with E-state index in [0.29, 0.717) is 12.4 Å². The van der Waals surface area contributed by atoms with Crippen molar-refractivity contribution in [3.8, 4) is 0 Å². The molecule has 1 rings (SSSR count). The summed E-state index contributed by atoms with van der Waals surface area (Å²) in [5.74, 6) is 0.411. The molecule has 1 aromatic heterocycles. The molecule has 1 heterocycles. The lowest BCUT2D eigenvalue weighted by molar-refractivity contribution is -0.405. The van der Waals surface area contributed by atoms with Gasteiger partial charge < -0.3 is 5.32 Å². The molecule has 0 unspecified atom stereocenters. The standard InChI is InChI=1S/C11H17N5O2/c1-12-11(9-16(17)18)15(14(2)3)8-10-5-4-6-13-7-10/h4-7,9,12H,8H2,1-3H3. The van der Waals surface area contributed by atoms with Gasteiger partial charge in [-0.1, -0.05) is 6.07 Å². The highest BCUT2D eigenvalue weighted by atomic mass is 16.6. The third-order valence-corrected chi connectivity index (χ3v) is 2.30. The van der Waals surface area contributed by atoms with Crippen LogP contribution in [0.5, 0.6) is 0 Å². The van der Waals surface area contributed by atoms with Gasteiger partial charge >= 0.3 is 0 Å². The van der Waals surface area contributed by atoms with Crippen LogP contribution >= 0.6 is 0 Å². The van der Waals surface area contributed by atoms with Crippen LogP contribution in [0.25, 0.3) is 0 Å². The van der Waals surface area contributed by atoms with Gasteiger partial charge in [-0.05, 0) is 11.6 Å². The molecule has 0 saturated heterocycles. The van der Waals surface area contributed by atoms with Crippen molar-refractivity contribution in [3.63, 3.8) is 0 Å². The first-order valence-corrected chi connectivity index (χ1v) is 5.41. The highest BCUT2D eigenvalue weighted by Crippen LogP contribution is 2.09. The third kappa shape index (κ3) is 4.02. The van der Waals surface area contributed by atoms with Crippen LogP contribution in [0.3, 0.4) is 0 Å². The summed E-state index contributed by atoms with van der Waals surface area (Å²) < 4.78 is 0. The van der Waals surface area contributed by atoms with Gasteiger partial charge in [0.25, 0.3) is 6.20 Å². The maximum Gasteiger partial charge on any atom is 0.275 e. The molecule has 0 spiro atoms. The third-order valence-electron chi connectivity index (χ3n) is 2.30. The first-order chi connectivity index (χ1) is 8.54. The predicted molar refractivity (Wildman–Crippen MR) is 67.6 cm³/mol. The normalized spacial score (nSPS) is 11.4. The summed E-state index contributed by atoms with van der Waals surface area (Å²) in [5.41, 5.74) is 0.968. The topological polar surface area (TPSA) is 74.5 Å². The fraction of sp³-hybridized carbons (Fsp3) is 0.364. The number of hydrogen-bond donors (Lipinski definition) is 1. The summed E-state index contributed by atoms with van der Waals surface area (Å²) in [6.07, 6.45) is 4.36. The van der Waals surface area contributed by atoms with Gasteiger partial charge in [-0.2, -0.15) is 0 Å². The van der Waals surface area contributed by atoms with Crippen LogP contribution < -0.4 is 5.32 Å². The van der Waals surface area contributed by atoms with Crippen LogP contribution in [0.2, 0.25) is 0 Å². The van der Waals surface area contributed by atoms with Gasteiger partial charge in [0.2, 0.25) is 0 Å². The Kier molecular flexibility index (Phi) is 5.06. The van der Waals surface area contributed by atoms with Crippen molar-refractivity contribution in [1.82, 2.24) is 20.3 Å². The first-order valence-electron chi connectivity index (χ1n) is 5.41. The molecule has 0 bridgehead atoms. The molecule has 7 nitrogen and oxygen atoms in total. The monoisotopic (exact) mass is 251 g/mol. The minimum atomic E-state index is -0.481. The second-order valence-electron chi connectivity index (χ2n) is 3.82. The van der Waals surface area contributed by atoms with E-state index in [1.54, 1.807) is 29.5 Å². The molecule has 0 aliphatic rings. The van der Waals surface area contributed by atoms with E-state index >= 15 is 0 Å². The lowest BCUT2D eigenvalue weighted by Crippen LogP contribution is -2.40. The Balaban J connectivity index is 2.92. The molecule has 98 valence electrons. The van der Waals surface area contributed by atoms with Crippen LogP contribution in [0.4, 0.5) is 0 Å². The predicted octanol–water partition coefficient (Wildman–Crippen LogP) is 0.655. The van der Waals surface area contributed by atoms with Crippen molar-refractivity contribution < 1.29 is 4.92 Å². The van der Waals surface area contributed by atoms with Crippen LogP contribution in [0.15, 0.2) is 36.5 Å². The highest BCUT2D eigenvalue weighted by molar-refractivity contribution is 5.09. The van der Waals surface area contributed by atoms with Crippen molar-refractivity contribution in [1.29, 1.82) is 0 Å². The molecule has 0 aliphatic carbocycles. The Labute approximate surface area is 106 Å². The van der Waals surface area contributed by atoms with E-state index in [9.17, 15) is 10.1 Å². The number of nitro groups is 1. The van der Waals surface area contributed by atoms with E-state index in [1.165, 1.54) is 0 Å². The molecule has 0 atom stereocenters. The lowest BCUT2D eigenvalue weighted by atomic mass is 10.3. The Morgan fingerprint density at radius 1 is 1.61 bits per heavy atom. The van der Waals surface area contributed by atoms with E-state index in [-0.39, 0.29) is 0 Å². The molecule has 1 aromatic rings. The fourth-order valence-electron chi connectivity index (χ4n) is 1.47. The van der Waals surface area contributed by atoms with Gasteiger partial charge in [0.1, 0.15) is 0 Å². The summed E-state index contributed by atoms with van der Waals surface area (Å²) in [7, 11) is 5.29. The second kappa shape index (κ2) is 6.55. The molecule has 1 N–H and O–H groups in total. The molecule has 7 heteroatoms. The molecule has 0 radical (unpaired) electrons. The Morgan fingerprint density at radius 3 is 2.78 bits per heavy atom. The van der Waals surface area contributed by atoms with Crippen molar-refractivity contribution in [2.24, 2.45) is 0 Å². The van der Waals surface area contributed by atoms with Crippen molar-refractivity contribution in [2.75, 3.05) is 21.1 Å². The van der Waals surface area contributed by atoms with E-state index in [1.807, 2.05) is 26.2 Å². The molecule has 0 amide bonds. The Morgan fingerprint density at radius 2 is 2.33 bits per heavy atom. The first kappa shape index (κ1) is 13.9. The zero-order valence-electron chi connectivity index (χ0n) is 10.7. The van der Waals surface area contributed by atoms with E-state index in [4.69, 9.17) is 0 Å². The second-order valence-corrected chi connectivity index (χ2v) is 3.82. The van der Waals surface area contributed by atoms with Gasteiger partial charge in [0, 0.05) is 33.5 Å². The van der Waals surface area contributed by atoms with E-state index < -0.39 is 4.92 Å². The minimum Gasteiger partial charge on any atom is -0.369 e. The molecular weight excluding hydrogens is 234 g/mol. The molecule has 0 aliphatic heterocycles. The maximum absolute atomic E-state index is 10.6. The Bertz CT molecular complexity index is 419. The van der Waals surface area contributed by atoms with Crippen molar-refractivity contribution in [2.45, 2.75) is 6.54 Å². The largest absolute Gasteiger partial charge is 0.369 e. The van der Waals surface area contributed by atoms with Gasteiger partial charge in [-0.3, -0.25) is 20.1 Å². The summed E-state index contributed by atoms with van der Waals surface area (Å²) >= 11 is 0. The number of pyridine rings is 1. The number of rotatable bonds is 6. The summed E-state index contributed by atoms with van der Waals surface area (Å²) in [6.45, 7) is 0.501. The van der Waals surface area contributed by atoms with Gasteiger partial charge in [-0.15, -0.1) is 0 Å². The average molecular weight is 251 g/mol. The van der Waals surface area contributed by atoms with Gasteiger partial charge in [0.15, 0.2) is 5.82 Å². The summed E-state index contributed by atoms with van der Waals surface area (Å²) in [5, 5.41) is 16.9. The molecule has 0 saturated carbocycles. The maximum atomic E-state index is 10.6. The molecule has 18 heavy (non-hydrogen) atoms. The Hall–Kier alpha value is -2.15. The SMILES string of the molecule is CNC(=C[N+](=O)[O-])N(Cc1cccnc1)N(C)C. The molecule has 0 aromatic carbocycles. The van der Waals surface area contributed by atoms with Crippen LogP contribution in [-0.2, 0) is 6.54 Å². The van der Waals surface area contributed by atoms with Crippen LogP contribution in [0, 0.1) is 10.1 Å². The average Bonchev–Trinajstić information content (AvgIpc) is 2.34. The number of aromatic nitrogens is 1. The highest BCUT2D eigenvalue weighted by Gasteiger charge is 2.14.